The lowest BCUT2D eigenvalue weighted by Gasteiger charge is -2.26. The Morgan fingerprint density at radius 1 is 1.27 bits per heavy atom. The maximum absolute atomic E-state index is 12.9. The minimum absolute atomic E-state index is 0.0852. The van der Waals surface area contributed by atoms with Crippen LogP contribution in [0.3, 0.4) is 0 Å². The highest BCUT2D eigenvalue weighted by molar-refractivity contribution is 5.97. The third-order valence-corrected chi connectivity index (χ3v) is 3.96. The minimum atomic E-state index is -1.12. The number of para-hydroxylation sites is 1. The van der Waals surface area contributed by atoms with Crippen LogP contribution in [0, 0.1) is 6.92 Å². The normalized spacial score (nSPS) is 11.7. The number of benzene rings is 1. The monoisotopic (exact) mass is 358 g/mol. The molecule has 1 aromatic heterocycles. The number of aromatic nitrogens is 2. The van der Waals surface area contributed by atoms with Gasteiger partial charge in [-0.25, -0.2) is 9.48 Å². The van der Waals surface area contributed by atoms with Crippen molar-refractivity contribution in [2.75, 3.05) is 13.1 Å². The van der Waals surface area contributed by atoms with Gasteiger partial charge in [0.1, 0.15) is 6.04 Å². The number of carboxylic acid groups (broad SMARTS) is 1. The zero-order valence-electron chi connectivity index (χ0n) is 15.0. The van der Waals surface area contributed by atoms with Gasteiger partial charge in [0, 0.05) is 26.2 Å². The molecule has 138 valence electrons. The van der Waals surface area contributed by atoms with Crippen molar-refractivity contribution in [2.45, 2.75) is 26.8 Å². The van der Waals surface area contributed by atoms with E-state index < -0.39 is 17.9 Å². The van der Waals surface area contributed by atoms with Gasteiger partial charge in [-0.1, -0.05) is 18.2 Å². The third kappa shape index (κ3) is 4.47. The fourth-order valence-corrected chi connectivity index (χ4v) is 2.49. The maximum Gasteiger partial charge on any atom is 0.326 e. The number of hydrogen-bond donors (Lipinski definition) is 2. The average molecular weight is 358 g/mol. The Balaban J connectivity index is 2.28. The van der Waals surface area contributed by atoms with Gasteiger partial charge in [-0.05, 0) is 26.0 Å². The highest BCUT2D eigenvalue weighted by Gasteiger charge is 2.28. The maximum atomic E-state index is 12.9. The summed E-state index contributed by atoms with van der Waals surface area (Å²) >= 11 is 0. The quantitative estimate of drug-likeness (QED) is 0.775. The second kappa shape index (κ2) is 8.28. The van der Waals surface area contributed by atoms with Gasteiger partial charge >= 0.3 is 5.97 Å². The summed E-state index contributed by atoms with van der Waals surface area (Å²) < 4.78 is 1.58. The van der Waals surface area contributed by atoms with Crippen LogP contribution in [0.15, 0.2) is 36.5 Å². The molecule has 2 N–H and O–H groups in total. The molecule has 0 bridgehead atoms. The van der Waals surface area contributed by atoms with E-state index in [0.29, 0.717) is 11.3 Å². The molecule has 0 aliphatic heterocycles. The lowest BCUT2D eigenvalue weighted by Crippen LogP contribution is -2.46. The van der Waals surface area contributed by atoms with Gasteiger partial charge in [0.2, 0.25) is 5.91 Å². The van der Waals surface area contributed by atoms with E-state index in [1.165, 1.54) is 18.7 Å². The summed E-state index contributed by atoms with van der Waals surface area (Å²) in [6.45, 7) is 4.75. The van der Waals surface area contributed by atoms with Crippen molar-refractivity contribution in [1.29, 1.82) is 0 Å². The van der Waals surface area contributed by atoms with Gasteiger partial charge in [0.25, 0.3) is 5.91 Å². The molecule has 0 spiro atoms. The van der Waals surface area contributed by atoms with E-state index in [1.54, 1.807) is 17.8 Å². The lowest BCUT2D eigenvalue weighted by molar-refractivity contribution is -0.141. The van der Waals surface area contributed by atoms with E-state index in [-0.39, 0.29) is 19.0 Å². The second-order valence-electron chi connectivity index (χ2n) is 5.90. The third-order valence-electron chi connectivity index (χ3n) is 3.96. The molecule has 0 radical (unpaired) electrons. The number of aryl methyl sites for hydroxylation is 1. The van der Waals surface area contributed by atoms with Crippen molar-refractivity contribution in [2.24, 2.45) is 0 Å². The number of carboxylic acids is 1. The molecule has 0 fully saturated rings. The zero-order chi connectivity index (χ0) is 19.3. The van der Waals surface area contributed by atoms with Gasteiger partial charge in [0.05, 0.1) is 16.9 Å². The number of carbonyl (C=O) groups excluding carboxylic acids is 2. The molecular formula is C18H22N4O4. The summed E-state index contributed by atoms with van der Waals surface area (Å²) in [5.41, 5.74) is 1.62. The first-order valence-corrected chi connectivity index (χ1v) is 8.21. The van der Waals surface area contributed by atoms with Crippen LogP contribution in [0.4, 0.5) is 0 Å². The van der Waals surface area contributed by atoms with Gasteiger partial charge < -0.3 is 15.3 Å². The first kappa shape index (κ1) is 19.2. The molecule has 1 atom stereocenters. The van der Waals surface area contributed by atoms with Gasteiger partial charge in [-0.3, -0.25) is 9.59 Å². The highest BCUT2D eigenvalue weighted by Crippen LogP contribution is 2.15. The number of carbonyl (C=O) groups is 3. The first-order valence-electron chi connectivity index (χ1n) is 8.21. The Hall–Kier alpha value is -3.16. The van der Waals surface area contributed by atoms with E-state index in [4.69, 9.17) is 0 Å². The summed E-state index contributed by atoms with van der Waals surface area (Å²) in [5, 5.41) is 16.2. The molecule has 1 aromatic carbocycles. The van der Waals surface area contributed by atoms with Crippen molar-refractivity contribution in [1.82, 2.24) is 20.0 Å². The van der Waals surface area contributed by atoms with Crippen LogP contribution in [-0.2, 0) is 9.59 Å². The molecule has 2 amide bonds. The SMILES string of the molecule is CC(=O)NCCN(C(=O)c1cn(-c2ccccc2)nc1C)C(C)C(=O)O. The predicted octanol–water partition coefficient (Wildman–Crippen LogP) is 1.23. The summed E-state index contributed by atoms with van der Waals surface area (Å²) in [5.74, 6) is -1.80. The number of amides is 2. The molecule has 8 nitrogen and oxygen atoms in total. The highest BCUT2D eigenvalue weighted by atomic mass is 16.4. The molecule has 2 rings (SSSR count). The summed E-state index contributed by atoms with van der Waals surface area (Å²) in [6, 6.07) is 8.28. The zero-order valence-corrected chi connectivity index (χ0v) is 15.0. The fraction of sp³-hybridized carbons (Fsp3) is 0.333. The van der Waals surface area contributed by atoms with Crippen molar-refractivity contribution in [3.8, 4) is 5.69 Å². The molecule has 0 aliphatic carbocycles. The molecule has 1 unspecified atom stereocenters. The van der Waals surface area contributed by atoms with Crippen LogP contribution in [0.25, 0.3) is 5.69 Å². The van der Waals surface area contributed by atoms with Crippen molar-refractivity contribution < 1.29 is 19.5 Å². The molecule has 8 heteroatoms. The number of hydrogen-bond acceptors (Lipinski definition) is 4. The number of nitrogens with one attached hydrogen (secondary N) is 1. The number of rotatable bonds is 7. The van der Waals surface area contributed by atoms with Crippen LogP contribution in [0.5, 0.6) is 0 Å². The summed E-state index contributed by atoms with van der Waals surface area (Å²) in [4.78, 5) is 36.6. The molecule has 26 heavy (non-hydrogen) atoms. The van der Waals surface area contributed by atoms with Crippen LogP contribution >= 0.6 is 0 Å². The Bertz CT molecular complexity index is 801. The van der Waals surface area contributed by atoms with Crippen molar-refractivity contribution >= 4 is 17.8 Å². The predicted molar refractivity (Wildman–Crippen MR) is 95.1 cm³/mol. The van der Waals surface area contributed by atoms with E-state index in [9.17, 15) is 19.5 Å². The van der Waals surface area contributed by atoms with Crippen LogP contribution in [0.1, 0.15) is 29.9 Å². The van der Waals surface area contributed by atoms with Gasteiger partial charge in [-0.15, -0.1) is 0 Å². The molecule has 0 saturated carbocycles. The summed E-state index contributed by atoms with van der Waals surface area (Å²) in [6.07, 6.45) is 1.59. The van der Waals surface area contributed by atoms with E-state index in [2.05, 4.69) is 10.4 Å². The molecule has 0 saturated heterocycles. The van der Waals surface area contributed by atoms with Gasteiger partial charge in [0.15, 0.2) is 0 Å². The Morgan fingerprint density at radius 2 is 1.92 bits per heavy atom. The van der Waals surface area contributed by atoms with Gasteiger partial charge in [-0.2, -0.15) is 5.10 Å². The fourth-order valence-electron chi connectivity index (χ4n) is 2.49. The first-order chi connectivity index (χ1) is 12.3. The standard InChI is InChI=1S/C18H22N4O4/c1-12-16(11-22(20-12)15-7-5-4-6-8-15)17(24)21(13(2)18(25)26)10-9-19-14(3)23/h4-8,11,13H,9-10H2,1-3H3,(H,19,23)(H,25,26). The second-order valence-corrected chi connectivity index (χ2v) is 5.90. The van der Waals surface area contributed by atoms with Crippen LogP contribution in [0.2, 0.25) is 0 Å². The average Bonchev–Trinajstić information content (AvgIpc) is 3.00. The van der Waals surface area contributed by atoms with Crippen LogP contribution in [-0.4, -0.2) is 56.7 Å². The summed E-state index contributed by atoms with van der Waals surface area (Å²) in [7, 11) is 0. The number of aliphatic carboxylic acids is 1. The largest absolute Gasteiger partial charge is 0.480 e. The van der Waals surface area contributed by atoms with Crippen LogP contribution < -0.4 is 5.32 Å². The molecular weight excluding hydrogens is 336 g/mol. The van der Waals surface area contributed by atoms with Crippen molar-refractivity contribution in [3.05, 3.63) is 47.8 Å². The molecule has 1 heterocycles. The molecule has 2 aromatic rings. The van der Waals surface area contributed by atoms with E-state index in [0.717, 1.165) is 5.69 Å². The number of nitrogens with zero attached hydrogens (tertiary/aromatic N) is 3. The Kier molecular flexibility index (Phi) is 6.11. The Labute approximate surface area is 151 Å². The van der Waals surface area contributed by atoms with E-state index >= 15 is 0 Å². The van der Waals surface area contributed by atoms with Crippen molar-refractivity contribution in [3.63, 3.8) is 0 Å². The Morgan fingerprint density at radius 3 is 2.50 bits per heavy atom. The lowest BCUT2D eigenvalue weighted by atomic mass is 10.2. The smallest absolute Gasteiger partial charge is 0.326 e. The topological polar surface area (TPSA) is 105 Å². The molecule has 0 aliphatic rings. The van der Waals surface area contributed by atoms with E-state index in [1.807, 2.05) is 30.3 Å². The minimum Gasteiger partial charge on any atom is -0.480 e.